The molecule has 2 heterocycles. The molecule has 1 aliphatic rings. The van der Waals surface area contributed by atoms with E-state index in [1.165, 1.54) is 35.6 Å². The van der Waals surface area contributed by atoms with Crippen LogP contribution in [0.5, 0.6) is 11.6 Å². The summed E-state index contributed by atoms with van der Waals surface area (Å²) < 4.78 is 39.3. The average Bonchev–Trinajstić information content (AvgIpc) is 2.98. The molecule has 0 radical (unpaired) electrons. The van der Waals surface area contributed by atoms with Gasteiger partial charge in [-0.3, -0.25) is 4.79 Å². The van der Waals surface area contributed by atoms with Crippen molar-refractivity contribution in [1.82, 2.24) is 14.2 Å². The lowest BCUT2D eigenvalue weighted by Gasteiger charge is -2.37. The number of carbonyl (C=O) groups is 1. The molecule has 11 heteroatoms. The summed E-state index contributed by atoms with van der Waals surface area (Å²) in [4.78, 5) is 19.8. The molecule has 0 saturated heterocycles. The molecule has 10 nitrogen and oxygen atoms in total. The highest BCUT2D eigenvalue weighted by Crippen LogP contribution is 2.31. The maximum absolute atomic E-state index is 13.7. The molecular weight excluding hydrogens is 532 g/mol. The predicted molar refractivity (Wildman–Crippen MR) is 148 cm³/mol. The Kier molecular flexibility index (Phi) is 8.73. The number of aliphatic hydroxyl groups is 1. The van der Waals surface area contributed by atoms with E-state index in [0.29, 0.717) is 16.9 Å². The monoisotopic (exact) mass is 564 g/mol. The van der Waals surface area contributed by atoms with E-state index in [1.807, 2.05) is 37.3 Å². The van der Waals surface area contributed by atoms with Gasteiger partial charge in [-0.1, -0.05) is 19.1 Å². The van der Waals surface area contributed by atoms with Crippen LogP contribution in [-0.4, -0.2) is 79.6 Å². The van der Waals surface area contributed by atoms with Crippen LogP contribution in [-0.2, 0) is 10.0 Å². The lowest BCUT2D eigenvalue weighted by molar-refractivity contribution is 0.0373. The Balaban J connectivity index is 1.69. The Hall–Kier alpha value is -3.98. The van der Waals surface area contributed by atoms with Crippen molar-refractivity contribution in [3.8, 4) is 28.8 Å². The number of nitrogens with zero attached hydrogens (tertiary/aromatic N) is 4. The van der Waals surface area contributed by atoms with Gasteiger partial charge in [-0.05, 0) is 55.0 Å². The fraction of sp³-hybridized carbons (Fsp3) is 0.345. The number of amides is 1. The van der Waals surface area contributed by atoms with Crippen molar-refractivity contribution in [3.05, 3.63) is 71.9 Å². The number of aromatic nitrogens is 1. The first-order valence-electron chi connectivity index (χ1n) is 12.8. The van der Waals surface area contributed by atoms with Crippen molar-refractivity contribution < 1.29 is 27.8 Å². The summed E-state index contributed by atoms with van der Waals surface area (Å²) in [5.74, 6) is 0.163. The molecule has 0 fully saturated rings. The van der Waals surface area contributed by atoms with Crippen LogP contribution >= 0.6 is 0 Å². The Morgan fingerprint density at radius 1 is 1.20 bits per heavy atom. The van der Waals surface area contributed by atoms with Crippen molar-refractivity contribution in [2.24, 2.45) is 5.92 Å². The maximum atomic E-state index is 13.7. The second-order valence-corrected chi connectivity index (χ2v) is 11.9. The highest BCUT2D eigenvalue weighted by Gasteiger charge is 2.36. The zero-order valence-electron chi connectivity index (χ0n) is 22.8. The summed E-state index contributed by atoms with van der Waals surface area (Å²) in [6.07, 6.45) is 0.951. The number of likely N-dealkylation sites (N-methyl/N-ethyl adjacent to an activating group) is 1. The normalized spacial score (nSPS) is 18.2. The van der Waals surface area contributed by atoms with Crippen molar-refractivity contribution in [2.45, 2.75) is 30.9 Å². The zero-order valence-corrected chi connectivity index (χ0v) is 23.6. The molecule has 2 aromatic carbocycles. The lowest BCUT2D eigenvalue weighted by Crippen LogP contribution is -2.50. The predicted octanol–water partition coefficient (Wildman–Crippen LogP) is 3.17. The van der Waals surface area contributed by atoms with Crippen molar-refractivity contribution in [1.29, 1.82) is 5.26 Å². The van der Waals surface area contributed by atoms with Gasteiger partial charge in [0.15, 0.2) is 0 Å². The van der Waals surface area contributed by atoms with Crippen LogP contribution in [0.1, 0.15) is 29.8 Å². The van der Waals surface area contributed by atoms with E-state index in [0.717, 1.165) is 5.56 Å². The second kappa shape index (κ2) is 12.0. The summed E-state index contributed by atoms with van der Waals surface area (Å²) in [6.45, 7) is 3.61. The number of carbonyl (C=O) groups excluding carboxylic acids is 1. The lowest BCUT2D eigenvalue weighted by atomic mass is 9.99. The van der Waals surface area contributed by atoms with Crippen molar-refractivity contribution in [2.75, 3.05) is 33.9 Å². The Labute approximate surface area is 234 Å². The Morgan fingerprint density at radius 3 is 2.48 bits per heavy atom. The van der Waals surface area contributed by atoms with Crippen LogP contribution in [0.2, 0.25) is 0 Å². The van der Waals surface area contributed by atoms with E-state index in [1.54, 1.807) is 31.2 Å². The highest BCUT2D eigenvalue weighted by molar-refractivity contribution is 7.89. The van der Waals surface area contributed by atoms with Gasteiger partial charge in [0.2, 0.25) is 15.9 Å². The summed E-state index contributed by atoms with van der Waals surface area (Å²) in [5, 5.41) is 18.9. The molecule has 1 N–H and O–H groups in total. The van der Waals surface area contributed by atoms with E-state index in [4.69, 9.17) is 14.7 Å². The number of fused-ring (bicyclic) bond motifs is 1. The number of ether oxygens (including phenoxy) is 2. The van der Waals surface area contributed by atoms with Gasteiger partial charge in [0, 0.05) is 31.3 Å². The largest absolute Gasteiger partial charge is 0.497 e. The number of nitriles is 1. The molecule has 0 saturated carbocycles. The van der Waals surface area contributed by atoms with Crippen LogP contribution < -0.4 is 9.47 Å². The molecule has 40 heavy (non-hydrogen) atoms. The number of benzene rings is 2. The third kappa shape index (κ3) is 5.94. The molecule has 4 rings (SSSR count). The molecule has 3 atom stereocenters. The van der Waals surface area contributed by atoms with Gasteiger partial charge < -0.3 is 19.5 Å². The average molecular weight is 565 g/mol. The number of methoxy groups -OCH3 is 1. The molecule has 1 amide bonds. The number of aliphatic hydroxyl groups excluding tert-OH is 1. The van der Waals surface area contributed by atoms with Crippen LogP contribution in [0, 0.1) is 17.2 Å². The highest BCUT2D eigenvalue weighted by atomic mass is 32.2. The van der Waals surface area contributed by atoms with Gasteiger partial charge in [0.25, 0.3) is 5.91 Å². The van der Waals surface area contributed by atoms with Gasteiger partial charge >= 0.3 is 0 Å². The molecule has 0 spiro atoms. The zero-order chi connectivity index (χ0) is 29.0. The van der Waals surface area contributed by atoms with Gasteiger partial charge in [-0.15, -0.1) is 0 Å². The number of rotatable bonds is 8. The van der Waals surface area contributed by atoms with Crippen molar-refractivity contribution >= 4 is 15.9 Å². The van der Waals surface area contributed by atoms with E-state index in [2.05, 4.69) is 4.98 Å². The maximum Gasteiger partial charge on any atom is 0.259 e. The van der Waals surface area contributed by atoms with E-state index in [9.17, 15) is 18.3 Å². The molecule has 210 valence electrons. The summed E-state index contributed by atoms with van der Waals surface area (Å²) in [6, 6.07) is 16.2. The van der Waals surface area contributed by atoms with Crippen LogP contribution in [0.25, 0.3) is 11.1 Å². The van der Waals surface area contributed by atoms with E-state index >= 15 is 0 Å². The number of hydrogen-bond acceptors (Lipinski definition) is 8. The standard InChI is InChI=1S/C29H32N4O6S/c1-19-16-33(20(2)18-34)29(35)26-13-23(22-7-9-24(38-4)10-8-22)15-31-28(26)39-27(19)17-32(3)40(36,37)25-11-5-21(14-30)6-12-25/h5-13,15,19-20,27,34H,16-18H2,1-4H3/t19-,20+,27-/m0/s1. The minimum absolute atomic E-state index is 0.0135. The van der Waals surface area contributed by atoms with E-state index in [-0.39, 0.29) is 47.9 Å². The first-order chi connectivity index (χ1) is 19.1. The van der Waals surface area contributed by atoms with Crippen LogP contribution in [0.4, 0.5) is 0 Å². The fourth-order valence-electron chi connectivity index (χ4n) is 4.49. The molecule has 0 bridgehead atoms. The van der Waals surface area contributed by atoms with Gasteiger partial charge in [0.1, 0.15) is 17.4 Å². The Morgan fingerprint density at radius 2 is 1.88 bits per heavy atom. The summed E-state index contributed by atoms with van der Waals surface area (Å²) >= 11 is 0. The quantitative estimate of drug-likeness (QED) is 0.441. The smallest absolute Gasteiger partial charge is 0.259 e. The van der Waals surface area contributed by atoms with Gasteiger partial charge in [-0.2, -0.15) is 9.57 Å². The molecule has 1 aliphatic heterocycles. The van der Waals surface area contributed by atoms with Crippen molar-refractivity contribution in [3.63, 3.8) is 0 Å². The molecule has 0 unspecified atom stereocenters. The first-order valence-corrected chi connectivity index (χ1v) is 14.2. The molecular formula is C29H32N4O6S. The van der Waals surface area contributed by atoms with E-state index < -0.39 is 22.2 Å². The summed E-state index contributed by atoms with van der Waals surface area (Å²) in [5.41, 5.74) is 2.10. The first kappa shape index (κ1) is 29.0. The minimum Gasteiger partial charge on any atom is -0.497 e. The summed E-state index contributed by atoms with van der Waals surface area (Å²) in [7, 11) is -0.843. The van der Waals surface area contributed by atoms with Crippen LogP contribution in [0.3, 0.4) is 0 Å². The van der Waals surface area contributed by atoms with Gasteiger partial charge in [-0.25, -0.2) is 13.4 Å². The Bertz CT molecular complexity index is 1500. The molecule has 3 aromatic rings. The number of sulfonamides is 1. The number of hydrogen-bond donors (Lipinski definition) is 1. The fourth-order valence-corrected chi connectivity index (χ4v) is 5.68. The third-order valence-electron chi connectivity index (χ3n) is 7.07. The minimum atomic E-state index is -3.89. The molecule has 1 aromatic heterocycles. The second-order valence-electron chi connectivity index (χ2n) is 9.85. The SMILES string of the molecule is COc1ccc(-c2cnc3c(c2)C(=O)N([C@H](C)CO)C[C@H](C)[C@H](CN(C)S(=O)(=O)c2ccc(C#N)cc2)O3)cc1. The molecule has 0 aliphatic carbocycles. The van der Waals surface area contributed by atoms with Crippen LogP contribution in [0.15, 0.2) is 65.7 Å². The topological polar surface area (TPSA) is 133 Å². The van der Waals surface area contributed by atoms with Gasteiger partial charge in [0.05, 0.1) is 42.8 Å². The number of pyridine rings is 1. The third-order valence-corrected chi connectivity index (χ3v) is 8.91.